The molecule has 3 rings (SSSR count). The fourth-order valence-corrected chi connectivity index (χ4v) is 3.41. The lowest BCUT2D eigenvalue weighted by Gasteiger charge is -2.26. The number of likely N-dealkylation sites (N-methyl/N-ethyl adjacent to an activating group) is 1. The molecule has 1 aromatic rings. The van der Waals surface area contributed by atoms with E-state index in [1.807, 2.05) is 19.2 Å². The Bertz CT molecular complexity index is 483. The second kappa shape index (κ2) is 3.57. The largest absolute Gasteiger partial charge is 0.478 e. The lowest BCUT2D eigenvalue weighted by molar-refractivity contribution is 0.0696. The predicted octanol–water partition coefficient (Wildman–Crippen LogP) is 1.95. The molecule has 2 N–H and O–H groups in total. The maximum atomic E-state index is 11.0. The van der Waals surface area contributed by atoms with E-state index < -0.39 is 5.97 Å². The smallest absolute Gasteiger partial charge is 0.335 e. The second-order valence-electron chi connectivity index (χ2n) is 5.23. The van der Waals surface area contributed by atoms with Gasteiger partial charge in [-0.3, -0.25) is 0 Å². The summed E-state index contributed by atoms with van der Waals surface area (Å²) in [4.78, 5) is 11.0. The van der Waals surface area contributed by atoms with Crippen LogP contribution in [0.25, 0.3) is 0 Å². The van der Waals surface area contributed by atoms with E-state index in [4.69, 9.17) is 5.11 Å². The van der Waals surface area contributed by atoms with E-state index in [1.165, 1.54) is 30.4 Å². The van der Waals surface area contributed by atoms with Crippen molar-refractivity contribution in [1.29, 1.82) is 0 Å². The number of rotatable bonds is 2. The maximum Gasteiger partial charge on any atom is 0.335 e. The molecule has 2 aliphatic rings. The monoisotopic (exact) mass is 231 g/mol. The molecular weight excluding hydrogens is 214 g/mol. The van der Waals surface area contributed by atoms with Crippen LogP contribution >= 0.6 is 0 Å². The van der Waals surface area contributed by atoms with Crippen LogP contribution in [0.3, 0.4) is 0 Å². The van der Waals surface area contributed by atoms with E-state index in [2.05, 4.69) is 5.32 Å². The summed E-state index contributed by atoms with van der Waals surface area (Å²) in [5, 5.41) is 12.4. The van der Waals surface area contributed by atoms with E-state index in [1.54, 1.807) is 6.07 Å². The maximum absolute atomic E-state index is 11.0. The molecular formula is C14H17NO2. The number of carboxylic acids is 1. The molecule has 2 aliphatic carbocycles. The zero-order chi connectivity index (χ0) is 12.0. The second-order valence-corrected chi connectivity index (χ2v) is 5.23. The van der Waals surface area contributed by atoms with Crippen molar-refractivity contribution in [2.45, 2.75) is 37.1 Å². The minimum Gasteiger partial charge on any atom is -0.478 e. The van der Waals surface area contributed by atoms with Crippen LogP contribution in [-0.4, -0.2) is 24.2 Å². The number of aryl methyl sites for hydroxylation is 1. The van der Waals surface area contributed by atoms with E-state index in [-0.39, 0.29) is 0 Å². The van der Waals surface area contributed by atoms with Gasteiger partial charge in [-0.1, -0.05) is 6.07 Å². The summed E-state index contributed by atoms with van der Waals surface area (Å²) < 4.78 is 0. The Kier molecular flexibility index (Phi) is 2.26. The quantitative estimate of drug-likeness (QED) is 0.818. The fourth-order valence-electron chi connectivity index (χ4n) is 3.41. The summed E-state index contributed by atoms with van der Waals surface area (Å²) in [6.07, 6.45) is 4.63. The minimum absolute atomic E-state index is 0.305. The first-order valence-corrected chi connectivity index (χ1v) is 6.21. The average molecular weight is 231 g/mol. The van der Waals surface area contributed by atoms with Crippen LogP contribution in [0.15, 0.2) is 18.2 Å². The number of nitrogens with one attached hydrogen (secondary N) is 1. The van der Waals surface area contributed by atoms with E-state index in [0.29, 0.717) is 17.0 Å². The van der Waals surface area contributed by atoms with Gasteiger partial charge >= 0.3 is 5.97 Å². The lowest BCUT2D eigenvalue weighted by Crippen LogP contribution is -2.26. The molecule has 0 radical (unpaired) electrons. The van der Waals surface area contributed by atoms with Crippen molar-refractivity contribution < 1.29 is 9.90 Å². The van der Waals surface area contributed by atoms with Gasteiger partial charge in [-0.05, 0) is 56.0 Å². The molecule has 1 saturated carbocycles. The highest BCUT2D eigenvalue weighted by Gasteiger charge is 2.55. The first-order chi connectivity index (χ1) is 8.17. The Morgan fingerprint density at radius 1 is 1.53 bits per heavy atom. The van der Waals surface area contributed by atoms with Crippen LogP contribution in [0.1, 0.15) is 40.7 Å². The Labute approximate surface area is 101 Å². The van der Waals surface area contributed by atoms with Crippen LogP contribution in [0.5, 0.6) is 0 Å². The number of hydrogen-bond donors (Lipinski definition) is 2. The van der Waals surface area contributed by atoms with Crippen molar-refractivity contribution >= 4 is 5.97 Å². The van der Waals surface area contributed by atoms with Crippen molar-refractivity contribution in [1.82, 2.24) is 5.32 Å². The van der Waals surface area contributed by atoms with E-state index in [9.17, 15) is 4.79 Å². The minimum atomic E-state index is -0.826. The predicted molar refractivity (Wildman–Crippen MR) is 65.5 cm³/mol. The SMILES string of the molecule is CNC1CC12CCCc1cc(C(=O)O)ccc12. The highest BCUT2D eigenvalue weighted by molar-refractivity contribution is 5.88. The molecule has 0 saturated heterocycles. The van der Waals surface area contributed by atoms with Crippen LogP contribution < -0.4 is 5.32 Å². The molecule has 1 aromatic carbocycles. The van der Waals surface area contributed by atoms with E-state index in [0.717, 1.165) is 6.42 Å². The van der Waals surface area contributed by atoms with Crippen molar-refractivity contribution in [3.05, 3.63) is 34.9 Å². The topological polar surface area (TPSA) is 49.3 Å². The molecule has 0 aliphatic heterocycles. The summed E-state index contributed by atoms with van der Waals surface area (Å²) in [6.45, 7) is 0. The van der Waals surface area contributed by atoms with Gasteiger partial charge in [0.25, 0.3) is 0 Å². The average Bonchev–Trinajstić information content (AvgIpc) is 3.03. The third-order valence-electron chi connectivity index (χ3n) is 4.38. The van der Waals surface area contributed by atoms with Gasteiger partial charge in [0, 0.05) is 11.5 Å². The molecule has 0 aromatic heterocycles. The van der Waals surface area contributed by atoms with Crippen molar-refractivity contribution in [3.63, 3.8) is 0 Å². The van der Waals surface area contributed by atoms with Gasteiger partial charge in [-0.15, -0.1) is 0 Å². The molecule has 1 fully saturated rings. The molecule has 3 heteroatoms. The number of benzene rings is 1. The Balaban J connectivity index is 2.03. The third kappa shape index (κ3) is 1.49. The zero-order valence-electron chi connectivity index (χ0n) is 9.99. The summed E-state index contributed by atoms with van der Waals surface area (Å²) in [6, 6.07) is 6.23. The van der Waals surface area contributed by atoms with Gasteiger partial charge in [-0.2, -0.15) is 0 Å². The molecule has 2 atom stereocenters. The Morgan fingerprint density at radius 3 is 3.00 bits per heavy atom. The summed E-state index contributed by atoms with van der Waals surface area (Å²) in [5.74, 6) is -0.826. The molecule has 1 spiro atoms. The molecule has 90 valence electrons. The first kappa shape index (κ1) is 10.8. The molecule has 0 amide bonds. The van der Waals surface area contributed by atoms with Crippen LogP contribution in [0.4, 0.5) is 0 Å². The Hall–Kier alpha value is -1.35. The molecule has 3 nitrogen and oxygen atoms in total. The normalized spacial score (nSPS) is 30.1. The van der Waals surface area contributed by atoms with Gasteiger partial charge in [0.15, 0.2) is 0 Å². The zero-order valence-corrected chi connectivity index (χ0v) is 9.99. The van der Waals surface area contributed by atoms with Crippen LogP contribution in [0, 0.1) is 0 Å². The van der Waals surface area contributed by atoms with Gasteiger partial charge in [0.2, 0.25) is 0 Å². The number of carbonyl (C=O) groups is 1. The molecule has 0 heterocycles. The van der Waals surface area contributed by atoms with Crippen molar-refractivity contribution in [2.75, 3.05) is 7.05 Å². The number of fused-ring (bicyclic) bond motifs is 2. The van der Waals surface area contributed by atoms with Crippen molar-refractivity contribution in [3.8, 4) is 0 Å². The number of aromatic carboxylic acids is 1. The summed E-state index contributed by atoms with van der Waals surface area (Å²) in [7, 11) is 2.01. The first-order valence-electron chi connectivity index (χ1n) is 6.21. The lowest BCUT2D eigenvalue weighted by atomic mass is 9.79. The molecule has 17 heavy (non-hydrogen) atoms. The summed E-state index contributed by atoms with van der Waals surface area (Å²) >= 11 is 0. The Morgan fingerprint density at radius 2 is 2.35 bits per heavy atom. The van der Waals surface area contributed by atoms with Gasteiger partial charge in [-0.25, -0.2) is 4.79 Å². The highest BCUT2D eigenvalue weighted by Crippen LogP contribution is 2.55. The standard InChI is InChI=1S/C14H17NO2/c1-15-12-8-14(12)6-2-3-9-7-10(13(16)17)4-5-11(9)14/h4-5,7,12,15H,2-3,6,8H2,1H3,(H,16,17). The van der Waals surface area contributed by atoms with E-state index >= 15 is 0 Å². The number of hydrogen-bond acceptors (Lipinski definition) is 2. The summed E-state index contributed by atoms with van der Waals surface area (Å²) in [5.41, 5.74) is 3.35. The van der Waals surface area contributed by atoms with Gasteiger partial charge in [0.05, 0.1) is 5.56 Å². The molecule has 2 unspecified atom stereocenters. The highest BCUT2D eigenvalue weighted by atomic mass is 16.4. The van der Waals surface area contributed by atoms with Gasteiger partial charge < -0.3 is 10.4 Å². The molecule has 0 bridgehead atoms. The van der Waals surface area contributed by atoms with Gasteiger partial charge in [0.1, 0.15) is 0 Å². The number of carboxylic acid groups (broad SMARTS) is 1. The fraction of sp³-hybridized carbons (Fsp3) is 0.500. The van der Waals surface area contributed by atoms with Crippen LogP contribution in [0.2, 0.25) is 0 Å². The third-order valence-corrected chi connectivity index (χ3v) is 4.38. The van der Waals surface area contributed by atoms with Crippen LogP contribution in [-0.2, 0) is 11.8 Å². The van der Waals surface area contributed by atoms with Crippen molar-refractivity contribution in [2.24, 2.45) is 0 Å².